The topological polar surface area (TPSA) is 64.3 Å². The van der Waals surface area contributed by atoms with Crippen LogP contribution in [0.2, 0.25) is 0 Å². The molecule has 3 N–H and O–H groups in total. The zero-order valence-electron chi connectivity index (χ0n) is 10.7. The third-order valence-electron chi connectivity index (χ3n) is 3.38. The number of anilines is 1. The number of carbonyl (C=O) groups is 1. The van der Waals surface area contributed by atoms with Gasteiger partial charge in [-0.05, 0) is 37.5 Å². The number of nitrogens with two attached hydrogens (primary N) is 1. The van der Waals surface area contributed by atoms with Gasteiger partial charge in [-0.25, -0.2) is 0 Å². The largest absolute Gasteiger partial charge is 0.399 e. The molecule has 0 aliphatic heterocycles. The number of nitrogen functional groups attached to an aromatic ring is 1. The fraction of sp³-hybridized carbons (Fsp3) is 0.500. The molecule has 1 aromatic carbocycles. The number of nitrogens with one attached hydrogen (secondary N) is 1. The average molecular weight is 248 g/mol. The van der Waals surface area contributed by atoms with Crippen molar-refractivity contribution >= 4 is 11.6 Å². The van der Waals surface area contributed by atoms with Gasteiger partial charge < -0.3 is 15.8 Å². The van der Waals surface area contributed by atoms with Crippen molar-refractivity contribution in [1.82, 2.24) is 5.32 Å². The standard InChI is InChI=1S/C14H20N2O2/c1-2-18-10-9-16-13(17)14(7-8-14)11-3-5-12(15)6-4-11/h3-6H,2,7-10,15H2,1H3,(H,16,17). The van der Waals surface area contributed by atoms with Crippen molar-refractivity contribution in [3.8, 4) is 0 Å². The van der Waals surface area contributed by atoms with Gasteiger partial charge in [0.15, 0.2) is 0 Å². The van der Waals surface area contributed by atoms with Crippen LogP contribution in [0.3, 0.4) is 0 Å². The second kappa shape index (κ2) is 5.40. The highest BCUT2D eigenvalue weighted by Gasteiger charge is 2.50. The second-order valence-corrected chi connectivity index (χ2v) is 4.66. The monoisotopic (exact) mass is 248 g/mol. The fourth-order valence-electron chi connectivity index (χ4n) is 2.12. The minimum Gasteiger partial charge on any atom is -0.399 e. The van der Waals surface area contributed by atoms with Crippen LogP contribution in [0.1, 0.15) is 25.3 Å². The van der Waals surface area contributed by atoms with Crippen molar-refractivity contribution < 1.29 is 9.53 Å². The molecule has 4 nitrogen and oxygen atoms in total. The second-order valence-electron chi connectivity index (χ2n) is 4.66. The number of hydrogen-bond donors (Lipinski definition) is 2. The molecule has 0 heterocycles. The molecule has 1 saturated carbocycles. The summed E-state index contributed by atoms with van der Waals surface area (Å²) < 4.78 is 5.21. The first-order valence-electron chi connectivity index (χ1n) is 6.41. The van der Waals surface area contributed by atoms with Crippen LogP contribution in [-0.2, 0) is 14.9 Å². The van der Waals surface area contributed by atoms with E-state index in [2.05, 4.69) is 5.32 Å². The highest BCUT2D eigenvalue weighted by atomic mass is 16.5. The van der Waals surface area contributed by atoms with Gasteiger partial charge in [0.2, 0.25) is 5.91 Å². The molecule has 1 aliphatic carbocycles. The third kappa shape index (κ3) is 2.64. The number of rotatable bonds is 6. The maximum absolute atomic E-state index is 12.2. The lowest BCUT2D eigenvalue weighted by molar-refractivity contribution is -0.123. The summed E-state index contributed by atoms with van der Waals surface area (Å²) in [7, 11) is 0. The van der Waals surface area contributed by atoms with E-state index in [1.165, 1.54) is 0 Å². The van der Waals surface area contributed by atoms with Crippen molar-refractivity contribution in [3.05, 3.63) is 29.8 Å². The Morgan fingerprint density at radius 2 is 2.06 bits per heavy atom. The Bertz CT molecular complexity index is 410. The normalized spacial score (nSPS) is 16.3. The Hall–Kier alpha value is -1.55. The molecule has 4 heteroatoms. The van der Waals surface area contributed by atoms with Crippen LogP contribution in [0.15, 0.2) is 24.3 Å². The molecular weight excluding hydrogens is 228 g/mol. The summed E-state index contributed by atoms with van der Waals surface area (Å²) in [5, 5.41) is 2.94. The Kier molecular flexibility index (Phi) is 3.87. The highest BCUT2D eigenvalue weighted by Crippen LogP contribution is 2.48. The summed E-state index contributed by atoms with van der Waals surface area (Å²) in [6.45, 7) is 3.76. The lowest BCUT2D eigenvalue weighted by Gasteiger charge is -2.16. The van der Waals surface area contributed by atoms with Gasteiger partial charge in [-0.15, -0.1) is 0 Å². The molecule has 98 valence electrons. The SMILES string of the molecule is CCOCCNC(=O)C1(c2ccc(N)cc2)CC1. The molecule has 1 aliphatic rings. The molecule has 0 atom stereocenters. The van der Waals surface area contributed by atoms with Crippen molar-refractivity contribution in [2.45, 2.75) is 25.2 Å². The molecule has 0 aromatic heterocycles. The Morgan fingerprint density at radius 3 is 2.61 bits per heavy atom. The van der Waals surface area contributed by atoms with E-state index in [1.54, 1.807) is 0 Å². The Labute approximate surface area is 108 Å². The van der Waals surface area contributed by atoms with Gasteiger partial charge in [0.05, 0.1) is 12.0 Å². The number of benzene rings is 1. The van der Waals surface area contributed by atoms with E-state index in [1.807, 2.05) is 31.2 Å². The number of carbonyl (C=O) groups excluding carboxylic acids is 1. The molecule has 1 aromatic rings. The quantitative estimate of drug-likeness (QED) is 0.591. The van der Waals surface area contributed by atoms with Crippen molar-refractivity contribution in [3.63, 3.8) is 0 Å². The van der Waals surface area contributed by atoms with E-state index in [0.717, 1.165) is 24.1 Å². The van der Waals surface area contributed by atoms with Crippen molar-refractivity contribution in [2.24, 2.45) is 0 Å². The highest BCUT2D eigenvalue weighted by molar-refractivity contribution is 5.91. The van der Waals surface area contributed by atoms with Crippen LogP contribution in [0.25, 0.3) is 0 Å². The summed E-state index contributed by atoms with van der Waals surface area (Å²) >= 11 is 0. The maximum Gasteiger partial charge on any atom is 0.230 e. The van der Waals surface area contributed by atoms with E-state index in [0.29, 0.717) is 19.8 Å². The Balaban J connectivity index is 1.94. The zero-order chi connectivity index (χ0) is 13.0. The minimum atomic E-state index is -0.320. The van der Waals surface area contributed by atoms with Crippen LogP contribution in [0.4, 0.5) is 5.69 Å². The summed E-state index contributed by atoms with van der Waals surface area (Å²) in [6.07, 6.45) is 1.83. The summed E-state index contributed by atoms with van der Waals surface area (Å²) in [4.78, 5) is 12.2. The van der Waals surface area contributed by atoms with Gasteiger partial charge in [-0.1, -0.05) is 12.1 Å². The molecular formula is C14H20N2O2. The molecule has 0 unspecified atom stereocenters. The minimum absolute atomic E-state index is 0.104. The van der Waals surface area contributed by atoms with Gasteiger partial charge in [-0.3, -0.25) is 4.79 Å². The average Bonchev–Trinajstić information content (AvgIpc) is 3.17. The van der Waals surface area contributed by atoms with Crippen LogP contribution in [0.5, 0.6) is 0 Å². The number of ether oxygens (including phenoxy) is 1. The molecule has 0 spiro atoms. The van der Waals surface area contributed by atoms with Crippen molar-refractivity contribution in [1.29, 1.82) is 0 Å². The fourth-order valence-corrected chi connectivity index (χ4v) is 2.12. The molecule has 0 bridgehead atoms. The molecule has 18 heavy (non-hydrogen) atoms. The zero-order valence-corrected chi connectivity index (χ0v) is 10.7. The van der Waals surface area contributed by atoms with E-state index in [-0.39, 0.29) is 11.3 Å². The molecule has 2 rings (SSSR count). The summed E-state index contributed by atoms with van der Waals surface area (Å²) in [5.41, 5.74) is 7.13. The van der Waals surface area contributed by atoms with E-state index in [4.69, 9.17) is 10.5 Å². The van der Waals surface area contributed by atoms with Gasteiger partial charge in [-0.2, -0.15) is 0 Å². The first-order chi connectivity index (χ1) is 8.69. The van der Waals surface area contributed by atoms with Gasteiger partial charge in [0.25, 0.3) is 0 Å². The smallest absolute Gasteiger partial charge is 0.230 e. The van der Waals surface area contributed by atoms with Crippen LogP contribution in [-0.4, -0.2) is 25.7 Å². The third-order valence-corrected chi connectivity index (χ3v) is 3.38. The lowest BCUT2D eigenvalue weighted by Crippen LogP contribution is -2.36. The summed E-state index contributed by atoms with van der Waals surface area (Å²) in [6, 6.07) is 7.60. The maximum atomic E-state index is 12.2. The van der Waals surface area contributed by atoms with E-state index >= 15 is 0 Å². The summed E-state index contributed by atoms with van der Waals surface area (Å²) in [5.74, 6) is 0.104. The Morgan fingerprint density at radius 1 is 1.39 bits per heavy atom. The van der Waals surface area contributed by atoms with Crippen molar-refractivity contribution in [2.75, 3.05) is 25.5 Å². The van der Waals surface area contributed by atoms with Gasteiger partial charge >= 0.3 is 0 Å². The van der Waals surface area contributed by atoms with Crippen LogP contribution >= 0.6 is 0 Å². The number of amides is 1. The van der Waals surface area contributed by atoms with E-state index in [9.17, 15) is 4.79 Å². The molecule has 1 fully saturated rings. The predicted octanol–water partition coefficient (Wildman–Crippen LogP) is 1.45. The lowest BCUT2D eigenvalue weighted by atomic mass is 9.95. The first kappa shape index (κ1) is 12.9. The van der Waals surface area contributed by atoms with E-state index < -0.39 is 0 Å². The molecule has 0 radical (unpaired) electrons. The van der Waals surface area contributed by atoms with Crippen LogP contribution < -0.4 is 11.1 Å². The molecule has 1 amide bonds. The molecule has 0 saturated heterocycles. The predicted molar refractivity (Wildman–Crippen MR) is 71.3 cm³/mol. The van der Waals surface area contributed by atoms with Crippen LogP contribution in [0, 0.1) is 0 Å². The van der Waals surface area contributed by atoms with Gasteiger partial charge in [0.1, 0.15) is 0 Å². The number of hydrogen-bond acceptors (Lipinski definition) is 3. The first-order valence-corrected chi connectivity index (χ1v) is 6.41. The van der Waals surface area contributed by atoms with Gasteiger partial charge in [0, 0.05) is 18.8 Å².